The van der Waals surface area contributed by atoms with Crippen molar-refractivity contribution in [3.05, 3.63) is 0 Å². The number of amides is 1. The van der Waals surface area contributed by atoms with Crippen molar-refractivity contribution >= 4 is 27.7 Å². The highest BCUT2D eigenvalue weighted by atomic mass is 32.2. The van der Waals surface area contributed by atoms with Crippen LogP contribution < -0.4 is 11.1 Å². The largest absolute Gasteiger partial charge is 0.355 e. The maximum Gasteiger partial charge on any atom is 0.221 e. The Kier molecular flexibility index (Phi) is 6.24. The summed E-state index contributed by atoms with van der Waals surface area (Å²) in [7, 11) is -3.22. The smallest absolute Gasteiger partial charge is 0.221 e. The van der Waals surface area contributed by atoms with E-state index in [4.69, 9.17) is 5.73 Å². The number of sulfonamides is 1. The number of nitrogens with two attached hydrogens (primary N) is 1. The molecule has 1 saturated heterocycles. The first-order valence-electron chi connectivity index (χ1n) is 5.58. The van der Waals surface area contributed by atoms with Gasteiger partial charge in [0.1, 0.15) is 0 Å². The Morgan fingerprint density at radius 3 is 2.59 bits per heavy atom. The van der Waals surface area contributed by atoms with E-state index in [1.54, 1.807) is 11.8 Å². The molecule has 0 aromatic carbocycles. The average Bonchev–Trinajstić information content (AvgIpc) is 2.30. The third-order valence-electron chi connectivity index (χ3n) is 2.42. The summed E-state index contributed by atoms with van der Waals surface area (Å²) in [5.41, 5.74) is 5.21. The second kappa shape index (κ2) is 7.20. The third-order valence-corrected chi connectivity index (χ3v) is 5.23. The minimum absolute atomic E-state index is 0.0338. The molecule has 0 saturated carbocycles. The van der Waals surface area contributed by atoms with Crippen LogP contribution in [-0.4, -0.2) is 62.1 Å². The first kappa shape index (κ1) is 14.7. The second-order valence-corrected chi connectivity index (χ2v) is 7.03. The summed E-state index contributed by atoms with van der Waals surface area (Å²) >= 11 is 1.76. The van der Waals surface area contributed by atoms with Gasteiger partial charge in [0.05, 0.1) is 5.75 Å². The van der Waals surface area contributed by atoms with Crippen molar-refractivity contribution in [3.63, 3.8) is 0 Å². The van der Waals surface area contributed by atoms with Crippen molar-refractivity contribution in [2.45, 2.75) is 6.42 Å². The lowest BCUT2D eigenvalue weighted by Crippen LogP contribution is -2.42. The number of carbonyl (C=O) groups excluding carboxylic acids is 1. The Bertz CT molecular complexity index is 339. The van der Waals surface area contributed by atoms with E-state index >= 15 is 0 Å². The number of hydrogen-bond acceptors (Lipinski definition) is 5. The zero-order chi connectivity index (χ0) is 12.7. The lowest BCUT2D eigenvalue weighted by atomic mass is 10.4. The van der Waals surface area contributed by atoms with Crippen LogP contribution in [0.4, 0.5) is 0 Å². The molecule has 1 fully saturated rings. The average molecular weight is 281 g/mol. The van der Waals surface area contributed by atoms with Crippen LogP contribution >= 0.6 is 11.8 Å². The highest BCUT2D eigenvalue weighted by molar-refractivity contribution is 7.99. The van der Waals surface area contributed by atoms with E-state index in [-0.39, 0.29) is 31.2 Å². The molecule has 3 N–H and O–H groups in total. The summed E-state index contributed by atoms with van der Waals surface area (Å²) in [6.07, 6.45) is 0.237. The molecule has 0 bridgehead atoms. The van der Waals surface area contributed by atoms with E-state index in [1.807, 2.05) is 0 Å². The fourth-order valence-corrected chi connectivity index (χ4v) is 3.98. The maximum absolute atomic E-state index is 11.9. The first-order chi connectivity index (χ1) is 8.06. The van der Waals surface area contributed by atoms with E-state index in [9.17, 15) is 13.2 Å². The van der Waals surface area contributed by atoms with Crippen molar-refractivity contribution in [2.24, 2.45) is 5.73 Å². The summed E-state index contributed by atoms with van der Waals surface area (Å²) < 4.78 is 25.2. The molecule has 0 spiro atoms. The molecule has 1 heterocycles. The van der Waals surface area contributed by atoms with Gasteiger partial charge in [-0.05, 0) is 0 Å². The first-order valence-corrected chi connectivity index (χ1v) is 8.35. The molecule has 0 unspecified atom stereocenters. The highest BCUT2D eigenvalue weighted by Crippen LogP contribution is 2.12. The molecule has 17 heavy (non-hydrogen) atoms. The van der Waals surface area contributed by atoms with Gasteiger partial charge in [-0.1, -0.05) is 0 Å². The van der Waals surface area contributed by atoms with Gasteiger partial charge in [-0.25, -0.2) is 12.7 Å². The van der Waals surface area contributed by atoms with Gasteiger partial charge in [-0.15, -0.1) is 0 Å². The predicted molar refractivity (Wildman–Crippen MR) is 69.4 cm³/mol. The van der Waals surface area contributed by atoms with Crippen LogP contribution in [-0.2, 0) is 14.8 Å². The maximum atomic E-state index is 11.9. The molecule has 100 valence electrons. The molecule has 0 radical (unpaired) electrons. The molecular formula is C9H19N3O3S2. The molecule has 1 amide bonds. The van der Waals surface area contributed by atoms with Gasteiger partial charge in [-0.3, -0.25) is 4.79 Å². The van der Waals surface area contributed by atoms with Gasteiger partial charge in [0.25, 0.3) is 0 Å². The lowest BCUT2D eigenvalue weighted by molar-refractivity contribution is -0.120. The molecule has 6 nitrogen and oxygen atoms in total. The monoisotopic (exact) mass is 281 g/mol. The third kappa shape index (κ3) is 5.24. The summed E-state index contributed by atoms with van der Waals surface area (Å²) in [6, 6.07) is 0. The minimum atomic E-state index is -3.22. The molecule has 0 atom stereocenters. The van der Waals surface area contributed by atoms with E-state index < -0.39 is 10.0 Å². The molecule has 8 heteroatoms. The quantitative estimate of drug-likeness (QED) is 0.640. The summed E-state index contributed by atoms with van der Waals surface area (Å²) in [5.74, 6) is 1.46. The fraction of sp³-hybridized carbons (Fsp3) is 0.889. The molecular weight excluding hydrogens is 262 g/mol. The van der Waals surface area contributed by atoms with E-state index in [1.165, 1.54) is 4.31 Å². The number of nitrogens with one attached hydrogen (secondary N) is 1. The Hall–Kier alpha value is -0.310. The number of thioether (sulfide) groups is 1. The molecule has 0 aromatic heterocycles. The van der Waals surface area contributed by atoms with Crippen LogP contribution in [0.25, 0.3) is 0 Å². The standard InChI is InChI=1S/C9H19N3O3S2/c10-2-1-9(13)11-3-8-17(14,15)12-4-6-16-7-5-12/h1-8,10H2,(H,11,13). The summed E-state index contributed by atoms with van der Waals surface area (Å²) in [4.78, 5) is 11.1. The van der Waals surface area contributed by atoms with Crippen molar-refractivity contribution in [1.82, 2.24) is 9.62 Å². The fourth-order valence-electron chi connectivity index (χ4n) is 1.49. The Morgan fingerprint density at radius 2 is 2.00 bits per heavy atom. The lowest BCUT2D eigenvalue weighted by Gasteiger charge is -2.25. The Morgan fingerprint density at radius 1 is 1.35 bits per heavy atom. The minimum Gasteiger partial charge on any atom is -0.355 e. The predicted octanol–water partition coefficient (Wildman–Crippen LogP) is -1.17. The highest BCUT2D eigenvalue weighted by Gasteiger charge is 2.23. The van der Waals surface area contributed by atoms with Gasteiger partial charge >= 0.3 is 0 Å². The molecule has 1 aliphatic heterocycles. The molecule has 0 aromatic rings. The van der Waals surface area contributed by atoms with Gasteiger partial charge in [0.2, 0.25) is 15.9 Å². The van der Waals surface area contributed by atoms with Crippen LogP contribution in [0.5, 0.6) is 0 Å². The van der Waals surface area contributed by atoms with Crippen molar-refractivity contribution in [1.29, 1.82) is 0 Å². The van der Waals surface area contributed by atoms with Gasteiger partial charge in [0.15, 0.2) is 0 Å². The zero-order valence-corrected chi connectivity index (χ0v) is 11.4. The van der Waals surface area contributed by atoms with E-state index in [2.05, 4.69) is 5.32 Å². The van der Waals surface area contributed by atoms with Crippen molar-refractivity contribution in [2.75, 3.05) is 43.4 Å². The van der Waals surface area contributed by atoms with Crippen LogP contribution in [0, 0.1) is 0 Å². The number of carbonyl (C=O) groups is 1. The van der Waals surface area contributed by atoms with Crippen LogP contribution in [0.1, 0.15) is 6.42 Å². The second-order valence-electron chi connectivity index (χ2n) is 3.72. The zero-order valence-electron chi connectivity index (χ0n) is 9.72. The molecule has 0 aliphatic carbocycles. The Labute approximate surface area is 106 Å². The topological polar surface area (TPSA) is 92.5 Å². The molecule has 1 aliphatic rings. The van der Waals surface area contributed by atoms with Crippen LogP contribution in [0.2, 0.25) is 0 Å². The summed E-state index contributed by atoms with van der Waals surface area (Å²) in [5, 5.41) is 2.55. The number of rotatable bonds is 6. The SMILES string of the molecule is NCCC(=O)NCCS(=O)(=O)N1CCSCC1. The van der Waals surface area contributed by atoms with Gasteiger partial charge in [0, 0.05) is 44.1 Å². The van der Waals surface area contributed by atoms with Crippen LogP contribution in [0.3, 0.4) is 0 Å². The van der Waals surface area contributed by atoms with Crippen LogP contribution in [0.15, 0.2) is 0 Å². The number of hydrogen-bond donors (Lipinski definition) is 2. The van der Waals surface area contributed by atoms with Gasteiger partial charge < -0.3 is 11.1 Å². The van der Waals surface area contributed by atoms with Gasteiger partial charge in [-0.2, -0.15) is 11.8 Å². The van der Waals surface area contributed by atoms with Crippen molar-refractivity contribution in [3.8, 4) is 0 Å². The van der Waals surface area contributed by atoms with Crippen molar-refractivity contribution < 1.29 is 13.2 Å². The van der Waals surface area contributed by atoms with E-state index in [0.717, 1.165) is 11.5 Å². The normalized spacial score (nSPS) is 17.9. The number of nitrogens with zero attached hydrogens (tertiary/aromatic N) is 1. The molecule has 1 rings (SSSR count). The summed E-state index contributed by atoms with van der Waals surface area (Å²) in [6.45, 7) is 1.58. The van der Waals surface area contributed by atoms with E-state index in [0.29, 0.717) is 13.1 Å². The Balaban J connectivity index is 2.31.